The van der Waals surface area contributed by atoms with Crippen molar-refractivity contribution in [2.24, 2.45) is 0 Å². The molecule has 0 aliphatic heterocycles. The number of halogens is 1. The standard InChI is InChI=1S/C15H21ClN2O2/c1-12(19)17-11-9-15(20)18-10-3-2-4-13-5-7-14(16)8-6-13/h5-8H,2-4,9-11H2,1H3,(H,17,19)(H,18,20). The predicted octanol–water partition coefficient (Wildman–Crippen LogP) is 2.31. The highest BCUT2D eigenvalue weighted by atomic mass is 35.5. The van der Waals surface area contributed by atoms with Crippen molar-refractivity contribution in [1.29, 1.82) is 0 Å². The number of aryl methyl sites for hydroxylation is 1. The van der Waals surface area contributed by atoms with Gasteiger partial charge in [0, 0.05) is 31.5 Å². The van der Waals surface area contributed by atoms with Gasteiger partial charge in [0.2, 0.25) is 11.8 Å². The molecule has 0 fully saturated rings. The van der Waals surface area contributed by atoms with Crippen molar-refractivity contribution < 1.29 is 9.59 Å². The average molecular weight is 297 g/mol. The fourth-order valence-electron chi connectivity index (χ4n) is 1.77. The summed E-state index contributed by atoms with van der Waals surface area (Å²) in [6, 6.07) is 7.82. The minimum atomic E-state index is -0.110. The molecule has 0 heterocycles. The number of carbonyl (C=O) groups excluding carboxylic acids is 2. The maximum atomic E-state index is 11.4. The second-order valence-electron chi connectivity index (χ2n) is 4.67. The van der Waals surface area contributed by atoms with Crippen molar-refractivity contribution in [2.75, 3.05) is 13.1 Å². The summed E-state index contributed by atoms with van der Waals surface area (Å²) in [5, 5.41) is 6.18. The molecule has 0 aliphatic carbocycles. The molecule has 5 heteroatoms. The first-order valence-corrected chi connectivity index (χ1v) is 7.21. The van der Waals surface area contributed by atoms with Gasteiger partial charge in [0.25, 0.3) is 0 Å². The quantitative estimate of drug-likeness (QED) is 0.723. The second kappa shape index (κ2) is 9.37. The number of unbranched alkanes of at least 4 members (excludes halogenated alkanes) is 1. The molecule has 1 aromatic carbocycles. The first-order chi connectivity index (χ1) is 9.58. The van der Waals surface area contributed by atoms with E-state index >= 15 is 0 Å². The van der Waals surface area contributed by atoms with Crippen molar-refractivity contribution in [3.63, 3.8) is 0 Å². The van der Waals surface area contributed by atoms with Crippen LogP contribution in [0.2, 0.25) is 5.02 Å². The predicted molar refractivity (Wildman–Crippen MR) is 80.7 cm³/mol. The van der Waals surface area contributed by atoms with Crippen LogP contribution in [-0.2, 0) is 16.0 Å². The van der Waals surface area contributed by atoms with Gasteiger partial charge in [-0.15, -0.1) is 0 Å². The molecule has 4 nitrogen and oxygen atoms in total. The Balaban J connectivity index is 2.02. The highest BCUT2D eigenvalue weighted by molar-refractivity contribution is 6.30. The molecule has 0 saturated heterocycles. The van der Waals surface area contributed by atoms with Crippen molar-refractivity contribution in [2.45, 2.75) is 32.6 Å². The van der Waals surface area contributed by atoms with Crippen molar-refractivity contribution >= 4 is 23.4 Å². The number of amides is 2. The van der Waals surface area contributed by atoms with Crippen LogP contribution in [0.15, 0.2) is 24.3 Å². The van der Waals surface area contributed by atoms with Crippen LogP contribution in [0.5, 0.6) is 0 Å². The van der Waals surface area contributed by atoms with Crippen LogP contribution in [-0.4, -0.2) is 24.9 Å². The average Bonchev–Trinajstić information content (AvgIpc) is 2.40. The van der Waals surface area contributed by atoms with E-state index in [1.807, 2.05) is 24.3 Å². The van der Waals surface area contributed by atoms with Gasteiger partial charge in [-0.3, -0.25) is 9.59 Å². The zero-order chi connectivity index (χ0) is 14.8. The third kappa shape index (κ3) is 7.79. The molecule has 0 spiro atoms. The Morgan fingerprint density at radius 2 is 1.75 bits per heavy atom. The first-order valence-electron chi connectivity index (χ1n) is 6.83. The van der Waals surface area contributed by atoms with Crippen LogP contribution < -0.4 is 10.6 Å². The number of benzene rings is 1. The monoisotopic (exact) mass is 296 g/mol. The lowest BCUT2D eigenvalue weighted by atomic mass is 10.1. The second-order valence-corrected chi connectivity index (χ2v) is 5.10. The highest BCUT2D eigenvalue weighted by Gasteiger charge is 2.01. The molecule has 0 bridgehead atoms. The Hall–Kier alpha value is -1.55. The minimum absolute atomic E-state index is 0.0229. The van der Waals surface area contributed by atoms with Gasteiger partial charge >= 0.3 is 0 Å². The van der Waals surface area contributed by atoms with E-state index in [4.69, 9.17) is 11.6 Å². The molecule has 1 aromatic rings. The number of hydrogen-bond donors (Lipinski definition) is 2. The largest absolute Gasteiger partial charge is 0.356 e. The number of nitrogens with one attached hydrogen (secondary N) is 2. The van der Waals surface area contributed by atoms with E-state index in [1.54, 1.807) is 0 Å². The molecular formula is C15H21ClN2O2. The van der Waals surface area contributed by atoms with Crippen LogP contribution in [0.3, 0.4) is 0 Å². The summed E-state index contributed by atoms with van der Waals surface area (Å²) in [4.78, 5) is 22.0. The molecular weight excluding hydrogens is 276 g/mol. The topological polar surface area (TPSA) is 58.2 Å². The smallest absolute Gasteiger partial charge is 0.221 e. The van der Waals surface area contributed by atoms with Gasteiger partial charge in [-0.2, -0.15) is 0 Å². The zero-order valence-corrected chi connectivity index (χ0v) is 12.5. The molecule has 2 N–H and O–H groups in total. The lowest BCUT2D eigenvalue weighted by Gasteiger charge is -2.06. The number of rotatable bonds is 8. The van der Waals surface area contributed by atoms with Crippen LogP contribution >= 0.6 is 11.6 Å². The number of hydrogen-bond acceptors (Lipinski definition) is 2. The lowest BCUT2D eigenvalue weighted by molar-refractivity contribution is -0.121. The molecule has 0 radical (unpaired) electrons. The van der Waals surface area contributed by atoms with Gasteiger partial charge in [0.1, 0.15) is 0 Å². The van der Waals surface area contributed by atoms with Crippen LogP contribution in [0, 0.1) is 0 Å². The maximum absolute atomic E-state index is 11.4. The number of carbonyl (C=O) groups is 2. The fraction of sp³-hybridized carbons (Fsp3) is 0.467. The Kier molecular flexibility index (Phi) is 7.73. The van der Waals surface area contributed by atoms with Crippen molar-refractivity contribution in [1.82, 2.24) is 10.6 Å². The van der Waals surface area contributed by atoms with Gasteiger partial charge in [-0.05, 0) is 37.0 Å². The zero-order valence-electron chi connectivity index (χ0n) is 11.7. The molecule has 2 amide bonds. The Labute approximate surface area is 124 Å². The van der Waals surface area contributed by atoms with E-state index in [-0.39, 0.29) is 11.8 Å². The molecule has 0 unspecified atom stereocenters. The van der Waals surface area contributed by atoms with Crippen LogP contribution in [0.25, 0.3) is 0 Å². The molecule has 110 valence electrons. The third-order valence-electron chi connectivity index (χ3n) is 2.85. The van der Waals surface area contributed by atoms with Gasteiger partial charge < -0.3 is 10.6 Å². The van der Waals surface area contributed by atoms with E-state index < -0.39 is 0 Å². The van der Waals surface area contributed by atoms with Gasteiger partial charge in [0.05, 0.1) is 0 Å². The molecule has 1 rings (SSSR count). The SMILES string of the molecule is CC(=O)NCCC(=O)NCCCCc1ccc(Cl)cc1. The summed E-state index contributed by atoms with van der Waals surface area (Å²) in [7, 11) is 0. The summed E-state index contributed by atoms with van der Waals surface area (Å²) < 4.78 is 0. The Morgan fingerprint density at radius 1 is 1.05 bits per heavy atom. The van der Waals surface area contributed by atoms with Gasteiger partial charge in [-0.25, -0.2) is 0 Å². The van der Waals surface area contributed by atoms with Crippen LogP contribution in [0.1, 0.15) is 31.7 Å². The van der Waals surface area contributed by atoms with E-state index in [0.29, 0.717) is 19.5 Å². The lowest BCUT2D eigenvalue weighted by Crippen LogP contribution is -2.30. The third-order valence-corrected chi connectivity index (χ3v) is 3.11. The summed E-state index contributed by atoms with van der Waals surface area (Å²) >= 11 is 5.82. The van der Waals surface area contributed by atoms with E-state index in [2.05, 4.69) is 10.6 Å². The summed E-state index contributed by atoms with van der Waals surface area (Å²) in [6.45, 7) is 2.51. The first kappa shape index (κ1) is 16.5. The minimum Gasteiger partial charge on any atom is -0.356 e. The summed E-state index contributed by atoms with van der Waals surface area (Å²) in [6.07, 6.45) is 3.28. The molecule has 20 heavy (non-hydrogen) atoms. The molecule has 0 aliphatic rings. The van der Waals surface area contributed by atoms with Crippen LogP contribution in [0.4, 0.5) is 0 Å². The van der Waals surface area contributed by atoms with E-state index in [1.165, 1.54) is 12.5 Å². The summed E-state index contributed by atoms with van der Waals surface area (Å²) in [5.41, 5.74) is 1.26. The van der Waals surface area contributed by atoms with Crippen molar-refractivity contribution in [3.8, 4) is 0 Å². The van der Waals surface area contributed by atoms with Gasteiger partial charge in [0.15, 0.2) is 0 Å². The molecule has 0 aromatic heterocycles. The normalized spacial score (nSPS) is 10.1. The van der Waals surface area contributed by atoms with E-state index in [9.17, 15) is 9.59 Å². The summed E-state index contributed by atoms with van der Waals surface area (Å²) in [5.74, 6) is -0.133. The molecule has 0 atom stereocenters. The van der Waals surface area contributed by atoms with E-state index in [0.717, 1.165) is 24.3 Å². The fourth-order valence-corrected chi connectivity index (χ4v) is 1.90. The Bertz CT molecular complexity index is 432. The Morgan fingerprint density at radius 3 is 2.40 bits per heavy atom. The molecule has 0 saturated carbocycles. The van der Waals surface area contributed by atoms with Crippen molar-refractivity contribution in [3.05, 3.63) is 34.9 Å². The van der Waals surface area contributed by atoms with Gasteiger partial charge in [-0.1, -0.05) is 23.7 Å². The highest BCUT2D eigenvalue weighted by Crippen LogP contribution is 2.11. The maximum Gasteiger partial charge on any atom is 0.221 e.